The molecule has 0 spiro atoms. The Hall–Kier alpha value is -2.12. The predicted molar refractivity (Wildman–Crippen MR) is 78.0 cm³/mol. The van der Waals surface area contributed by atoms with Gasteiger partial charge in [-0.3, -0.25) is 19.2 Å². The van der Waals surface area contributed by atoms with Crippen LogP contribution in [0.25, 0.3) is 0 Å². The summed E-state index contributed by atoms with van der Waals surface area (Å²) < 4.78 is 18.4. The molecule has 0 aliphatic rings. The summed E-state index contributed by atoms with van der Waals surface area (Å²) in [6.07, 6.45) is 2.85. The van der Waals surface area contributed by atoms with E-state index in [1.165, 1.54) is 14.2 Å². The number of carbonyl (C=O) groups excluding carboxylic acids is 4. The van der Waals surface area contributed by atoms with Crippen molar-refractivity contribution in [2.24, 2.45) is 0 Å². The lowest BCUT2D eigenvalue weighted by Crippen LogP contribution is -2.12. The Balaban J connectivity index is 3.50. The maximum atomic E-state index is 11.3. The molecular formula is C15H24O8. The normalized spacial score (nSPS) is 9.83. The second-order valence-electron chi connectivity index (χ2n) is 4.72. The minimum Gasteiger partial charge on any atom is -0.469 e. The Morgan fingerprint density at radius 2 is 0.870 bits per heavy atom. The lowest BCUT2D eigenvalue weighted by molar-refractivity contribution is -0.167. The molecule has 0 unspecified atom stereocenters. The van der Waals surface area contributed by atoms with E-state index in [9.17, 15) is 19.2 Å². The van der Waals surface area contributed by atoms with Crippen LogP contribution in [0.3, 0.4) is 0 Å². The molecule has 0 heterocycles. The van der Waals surface area contributed by atoms with Gasteiger partial charge in [0.15, 0.2) is 0 Å². The van der Waals surface area contributed by atoms with Gasteiger partial charge in [-0.2, -0.15) is 0 Å². The van der Waals surface area contributed by atoms with Crippen LogP contribution < -0.4 is 0 Å². The van der Waals surface area contributed by atoms with Crippen LogP contribution in [0.1, 0.15) is 51.4 Å². The highest BCUT2D eigenvalue weighted by atomic mass is 16.7. The summed E-state index contributed by atoms with van der Waals surface area (Å²) in [5.41, 5.74) is 0. The molecule has 0 aliphatic carbocycles. The molecular weight excluding hydrogens is 308 g/mol. The first kappa shape index (κ1) is 20.9. The number of hydrogen-bond donors (Lipinski definition) is 0. The van der Waals surface area contributed by atoms with Gasteiger partial charge in [0.05, 0.1) is 14.2 Å². The molecule has 0 saturated carbocycles. The molecule has 0 aromatic rings. The van der Waals surface area contributed by atoms with Crippen molar-refractivity contribution in [3.05, 3.63) is 0 Å². The molecule has 8 nitrogen and oxygen atoms in total. The SMILES string of the molecule is COC(=O)CCCCC(=O)OCOC(=O)CCCCC(=O)OC. The van der Waals surface area contributed by atoms with E-state index in [2.05, 4.69) is 9.47 Å². The van der Waals surface area contributed by atoms with Gasteiger partial charge in [0.1, 0.15) is 0 Å². The van der Waals surface area contributed by atoms with Crippen LogP contribution in [0.4, 0.5) is 0 Å². The number of rotatable bonds is 12. The molecule has 0 N–H and O–H groups in total. The van der Waals surface area contributed by atoms with Crippen molar-refractivity contribution >= 4 is 23.9 Å². The third kappa shape index (κ3) is 13.3. The second kappa shape index (κ2) is 13.5. The summed E-state index contributed by atoms with van der Waals surface area (Å²) in [7, 11) is 2.61. The molecule has 0 radical (unpaired) electrons. The highest BCUT2D eigenvalue weighted by molar-refractivity contribution is 5.71. The van der Waals surface area contributed by atoms with Crippen LogP contribution in [-0.4, -0.2) is 44.9 Å². The molecule has 0 amide bonds. The van der Waals surface area contributed by atoms with Crippen molar-refractivity contribution in [1.29, 1.82) is 0 Å². The Bertz CT molecular complexity index is 355. The summed E-state index contributed by atoms with van der Waals surface area (Å²) in [4.78, 5) is 44.3. The first-order valence-electron chi connectivity index (χ1n) is 7.44. The average molecular weight is 332 g/mol. The molecule has 0 aliphatic heterocycles. The van der Waals surface area contributed by atoms with Gasteiger partial charge in [0, 0.05) is 25.7 Å². The zero-order valence-corrected chi connectivity index (χ0v) is 13.6. The highest BCUT2D eigenvalue weighted by Crippen LogP contribution is 2.04. The van der Waals surface area contributed by atoms with Gasteiger partial charge in [-0.05, 0) is 25.7 Å². The standard InChI is InChI=1S/C15H24O8/c1-20-12(16)7-3-5-9-14(18)22-11-23-15(19)10-6-4-8-13(17)21-2/h3-11H2,1-2H3. The fourth-order valence-electron chi connectivity index (χ4n) is 1.59. The Morgan fingerprint density at radius 3 is 1.17 bits per heavy atom. The number of carbonyl (C=O) groups is 4. The van der Waals surface area contributed by atoms with E-state index in [1.54, 1.807) is 0 Å². The van der Waals surface area contributed by atoms with Gasteiger partial charge in [0.2, 0.25) is 6.79 Å². The van der Waals surface area contributed by atoms with Crippen LogP contribution in [0.2, 0.25) is 0 Å². The monoisotopic (exact) mass is 332 g/mol. The van der Waals surface area contributed by atoms with Gasteiger partial charge in [-0.1, -0.05) is 0 Å². The van der Waals surface area contributed by atoms with E-state index >= 15 is 0 Å². The van der Waals surface area contributed by atoms with E-state index in [1.807, 2.05) is 0 Å². The summed E-state index contributed by atoms with van der Waals surface area (Å²) in [6.45, 7) is -0.425. The third-order valence-corrected chi connectivity index (χ3v) is 2.92. The zero-order valence-electron chi connectivity index (χ0n) is 13.6. The Kier molecular flexibility index (Phi) is 12.3. The minimum absolute atomic E-state index is 0.147. The van der Waals surface area contributed by atoms with Crippen LogP contribution >= 0.6 is 0 Å². The van der Waals surface area contributed by atoms with Gasteiger partial charge < -0.3 is 18.9 Å². The lowest BCUT2D eigenvalue weighted by Gasteiger charge is -2.06. The quantitative estimate of drug-likeness (QED) is 0.229. The van der Waals surface area contributed by atoms with E-state index < -0.39 is 18.7 Å². The number of methoxy groups -OCH3 is 2. The van der Waals surface area contributed by atoms with Crippen molar-refractivity contribution in [3.8, 4) is 0 Å². The molecule has 0 bridgehead atoms. The van der Waals surface area contributed by atoms with Crippen LogP contribution in [-0.2, 0) is 38.1 Å². The molecule has 0 atom stereocenters. The minimum atomic E-state index is -0.492. The largest absolute Gasteiger partial charge is 0.469 e. The smallest absolute Gasteiger partial charge is 0.308 e. The molecule has 8 heteroatoms. The molecule has 0 aromatic heterocycles. The maximum Gasteiger partial charge on any atom is 0.308 e. The van der Waals surface area contributed by atoms with E-state index in [0.29, 0.717) is 25.7 Å². The van der Waals surface area contributed by atoms with E-state index in [0.717, 1.165) is 0 Å². The van der Waals surface area contributed by atoms with Gasteiger partial charge in [-0.15, -0.1) is 0 Å². The van der Waals surface area contributed by atoms with Crippen LogP contribution in [0, 0.1) is 0 Å². The highest BCUT2D eigenvalue weighted by Gasteiger charge is 2.08. The van der Waals surface area contributed by atoms with Crippen molar-refractivity contribution in [2.75, 3.05) is 21.0 Å². The van der Waals surface area contributed by atoms with Gasteiger partial charge in [-0.25, -0.2) is 0 Å². The van der Waals surface area contributed by atoms with Gasteiger partial charge >= 0.3 is 23.9 Å². The molecule has 0 rings (SSSR count). The third-order valence-electron chi connectivity index (χ3n) is 2.92. The number of unbranched alkanes of at least 4 members (excludes halogenated alkanes) is 2. The lowest BCUT2D eigenvalue weighted by atomic mass is 10.2. The molecule has 0 saturated heterocycles. The topological polar surface area (TPSA) is 105 Å². The fraction of sp³-hybridized carbons (Fsp3) is 0.733. The second-order valence-corrected chi connectivity index (χ2v) is 4.72. The predicted octanol–water partition coefficient (Wildman–Crippen LogP) is 1.50. The summed E-state index contributed by atoms with van der Waals surface area (Å²) in [6, 6.07) is 0. The zero-order chi connectivity index (χ0) is 17.5. The molecule has 132 valence electrons. The van der Waals surface area contributed by atoms with Gasteiger partial charge in [0.25, 0.3) is 0 Å². The molecule has 0 fully saturated rings. The van der Waals surface area contributed by atoms with Crippen LogP contribution in [0.15, 0.2) is 0 Å². The molecule has 23 heavy (non-hydrogen) atoms. The van der Waals surface area contributed by atoms with Crippen molar-refractivity contribution in [1.82, 2.24) is 0 Å². The van der Waals surface area contributed by atoms with E-state index in [4.69, 9.17) is 9.47 Å². The maximum absolute atomic E-state index is 11.3. The fourth-order valence-corrected chi connectivity index (χ4v) is 1.59. The Labute approximate surface area is 135 Å². The summed E-state index contributed by atoms with van der Waals surface area (Å²) >= 11 is 0. The number of hydrogen-bond acceptors (Lipinski definition) is 8. The molecule has 0 aromatic carbocycles. The van der Waals surface area contributed by atoms with Crippen molar-refractivity contribution in [2.45, 2.75) is 51.4 Å². The number of ether oxygens (including phenoxy) is 4. The average Bonchev–Trinajstić information content (AvgIpc) is 2.54. The summed E-state index contributed by atoms with van der Waals surface area (Å²) in [5, 5.41) is 0. The van der Waals surface area contributed by atoms with Crippen molar-refractivity contribution in [3.63, 3.8) is 0 Å². The Morgan fingerprint density at radius 1 is 0.565 bits per heavy atom. The first-order chi connectivity index (χ1) is 11.0. The van der Waals surface area contributed by atoms with Crippen LogP contribution in [0.5, 0.6) is 0 Å². The summed E-state index contributed by atoms with van der Waals surface area (Å²) in [5.74, 6) is -1.62. The van der Waals surface area contributed by atoms with E-state index in [-0.39, 0.29) is 37.6 Å². The first-order valence-corrected chi connectivity index (χ1v) is 7.44. The number of esters is 4. The van der Waals surface area contributed by atoms with Crippen molar-refractivity contribution < 1.29 is 38.1 Å².